The first kappa shape index (κ1) is 58.9. The van der Waals surface area contributed by atoms with Gasteiger partial charge in [-0.1, -0.05) is 209 Å². The molecule has 0 fully saturated rings. The molecule has 12 aromatic carbocycles. The van der Waals surface area contributed by atoms with Gasteiger partial charge in [-0.25, -0.2) is 0 Å². The van der Waals surface area contributed by atoms with E-state index in [1.165, 1.54) is 170 Å². The molecule has 402 valence electrons. The molecule has 0 radical (unpaired) electrons. The molecular formula is C79H86. The fourth-order valence-corrected chi connectivity index (χ4v) is 11.2. The second-order valence-electron chi connectivity index (χ2n) is 23.0. The van der Waals surface area contributed by atoms with Crippen LogP contribution in [0.3, 0.4) is 0 Å². The highest BCUT2D eigenvalue weighted by Crippen LogP contribution is 2.29. The lowest BCUT2D eigenvalue weighted by Gasteiger charge is -2.08. The zero-order chi connectivity index (χ0) is 57.4. The standard InChI is InChI=1S/2C14H16.3C13H14.C12H12/c1-9-5-11(3)14-8-10(2)6-12(4)13(14)7-9;1-9-5-12(4)14-8-11(3)10(2)7-13(14)6-9;1-9-4-5-12-7-10(2)6-11(3)13(12)8-9;1-9-7-11(3)12-6-4-5-10(2)13(12)8-9;1-9-7-8-12-10(2)5-4-6-13(12)11(9)3;1-9-7-8-11-5-3-4-6-12(11)10(9)2/h2*5-8H,1-4H3;3*4-8H,1-3H3;3-8H,1-2H3. The summed E-state index contributed by atoms with van der Waals surface area (Å²) in [5.74, 6) is 0. The zero-order valence-electron chi connectivity index (χ0n) is 51.2. The van der Waals surface area contributed by atoms with Gasteiger partial charge in [0.2, 0.25) is 0 Å². The largest absolute Gasteiger partial charge is 0.0616 e. The molecule has 12 aromatic rings. The quantitative estimate of drug-likeness (QED) is 0.142. The Morgan fingerprint density at radius 3 is 1.09 bits per heavy atom. The number of aryl methyl sites for hydroxylation is 19. The minimum Gasteiger partial charge on any atom is -0.0616 e. The van der Waals surface area contributed by atoms with Gasteiger partial charge in [-0.15, -0.1) is 0 Å². The van der Waals surface area contributed by atoms with Gasteiger partial charge < -0.3 is 0 Å². The maximum atomic E-state index is 2.29. The average Bonchev–Trinajstić information content (AvgIpc) is 3.41. The van der Waals surface area contributed by atoms with Crippen molar-refractivity contribution in [3.63, 3.8) is 0 Å². The number of benzene rings is 12. The van der Waals surface area contributed by atoms with Gasteiger partial charge in [0.1, 0.15) is 0 Å². The van der Waals surface area contributed by atoms with Crippen LogP contribution in [0.25, 0.3) is 64.6 Å². The van der Waals surface area contributed by atoms with E-state index in [1.807, 2.05) is 0 Å². The fourth-order valence-electron chi connectivity index (χ4n) is 11.2. The summed E-state index contributed by atoms with van der Waals surface area (Å²) in [5.41, 5.74) is 26.0. The predicted octanol–water partition coefficient (Wildman–Crippen LogP) is 22.9. The fraction of sp³-hybridized carbons (Fsp3) is 0.241. The Bertz CT molecular complexity index is 4100. The molecule has 0 heterocycles. The molecule has 0 heteroatoms. The van der Waals surface area contributed by atoms with E-state index in [0.717, 1.165) is 0 Å². The van der Waals surface area contributed by atoms with Crippen LogP contribution < -0.4 is 0 Å². The van der Waals surface area contributed by atoms with Crippen molar-refractivity contribution in [2.45, 2.75) is 132 Å². The number of fused-ring (bicyclic) bond motifs is 6. The summed E-state index contributed by atoms with van der Waals surface area (Å²) < 4.78 is 0. The minimum atomic E-state index is 1.33. The highest BCUT2D eigenvalue weighted by atomic mass is 14.1. The molecule has 0 atom stereocenters. The van der Waals surface area contributed by atoms with Crippen molar-refractivity contribution in [1.82, 2.24) is 0 Å². The lowest BCUT2D eigenvalue weighted by atomic mass is 9.97. The molecule has 0 aliphatic rings. The molecule has 0 saturated carbocycles. The van der Waals surface area contributed by atoms with Crippen LogP contribution in [-0.4, -0.2) is 0 Å². The Morgan fingerprint density at radius 2 is 0.519 bits per heavy atom. The second-order valence-corrected chi connectivity index (χ2v) is 23.0. The maximum absolute atomic E-state index is 2.29. The van der Waals surface area contributed by atoms with Crippen LogP contribution in [0.15, 0.2) is 176 Å². The molecule has 0 nitrogen and oxygen atoms in total. The highest BCUT2D eigenvalue weighted by molar-refractivity contribution is 5.92. The highest BCUT2D eigenvalue weighted by Gasteiger charge is 2.06. The van der Waals surface area contributed by atoms with Crippen LogP contribution in [0.5, 0.6) is 0 Å². The molecule has 0 unspecified atom stereocenters. The zero-order valence-corrected chi connectivity index (χ0v) is 51.2. The van der Waals surface area contributed by atoms with E-state index in [0.29, 0.717) is 0 Å². The van der Waals surface area contributed by atoms with Gasteiger partial charge in [-0.05, 0) is 269 Å². The number of hydrogen-bond acceptors (Lipinski definition) is 0. The monoisotopic (exact) mass is 1030 g/mol. The molecule has 0 aromatic heterocycles. The first-order valence-corrected chi connectivity index (χ1v) is 28.3. The molecule has 0 N–H and O–H groups in total. The van der Waals surface area contributed by atoms with E-state index in [4.69, 9.17) is 0 Å². The Hall–Kier alpha value is -7.80. The third-order valence-electron chi connectivity index (χ3n) is 16.0. The van der Waals surface area contributed by atoms with E-state index >= 15 is 0 Å². The summed E-state index contributed by atoms with van der Waals surface area (Å²) in [4.78, 5) is 0. The van der Waals surface area contributed by atoms with E-state index < -0.39 is 0 Å². The SMILES string of the molecule is Cc1cc(C)c2cc(C)c(C)cc2c1.Cc1cc(C)c2cc(C)cc(C)c2c1.Cc1cc(C)c2cc(C)ccc2c1.Cc1cc(C)c2cccc(C)c2c1.Cc1ccc2c(C)cccc2c1C.Cc1ccc2ccccc2c1C. The number of rotatable bonds is 0. The molecule has 12 rings (SSSR count). The van der Waals surface area contributed by atoms with Gasteiger partial charge in [0.25, 0.3) is 0 Å². The topological polar surface area (TPSA) is 0 Å². The first-order valence-electron chi connectivity index (χ1n) is 28.3. The third kappa shape index (κ3) is 14.5. The van der Waals surface area contributed by atoms with E-state index in [9.17, 15) is 0 Å². The maximum Gasteiger partial charge on any atom is -0.0149 e. The van der Waals surface area contributed by atoms with Crippen molar-refractivity contribution in [2.75, 3.05) is 0 Å². The predicted molar refractivity (Wildman–Crippen MR) is 354 cm³/mol. The lowest BCUT2D eigenvalue weighted by molar-refractivity contribution is 1.35. The van der Waals surface area contributed by atoms with Crippen LogP contribution in [0, 0.1) is 132 Å². The Labute approximate surface area is 475 Å². The van der Waals surface area contributed by atoms with Crippen molar-refractivity contribution in [3.8, 4) is 0 Å². The molecule has 0 amide bonds. The summed E-state index contributed by atoms with van der Waals surface area (Å²) in [6.07, 6.45) is 0. The van der Waals surface area contributed by atoms with Crippen molar-refractivity contribution in [1.29, 1.82) is 0 Å². The number of hydrogen-bond donors (Lipinski definition) is 0. The van der Waals surface area contributed by atoms with Gasteiger partial charge in [0.15, 0.2) is 0 Å². The van der Waals surface area contributed by atoms with Crippen molar-refractivity contribution >= 4 is 64.6 Å². The van der Waals surface area contributed by atoms with Crippen molar-refractivity contribution in [2.24, 2.45) is 0 Å². The summed E-state index contributed by atoms with van der Waals surface area (Å²) in [5, 5.41) is 16.5. The molecule has 0 bridgehead atoms. The van der Waals surface area contributed by atoms with Crippen molar-refractivity contribution in [3.05, 3.63) is 282 Å². The molecule has 79 heavy (non-hydrogen) atoms. The van der Waals surface area contributed by atoms with E-state index in [1.54, 1.807) is 0 Å². The van der Waals surface area contributed by atoms with Crippen LogP contribution in [-0.2, 0) is 0 Å². The molecule has 0 spiro atoms. The summed E-state index contributed by atoms with van der Waals surface area (Å²) >= 11 is 0. The van der Waals surface area contributed by atoms with Crippen LogP contribution in [0.2, 0.25) is 0 Å². The van der Waals surface area contributed by atoms with Gasteiger partial charge in [-0.2, -0.15) is 0 Å². The van der Waals surface area contributed by atoms with Gasteiger partial charge in [-0.3, -0.25) is 0 Å². The van der Waals surface area contributed by atoms with Crippen LogP contribution in [0.4, 0.5) is 0 Å². The Kier molecular flexibility index (Phi) is 19.2. The Morgan fingerprint density at radius 1 is 0.152 bits per heavy atom. The van der Waals surface area contributed by atoms with E-state index in [2.05, 4.69) is 307 Å². The first-order chi connectivity index (χ1) is 37.5. The minimum absolute atomic E-state index is 1.33. The van der Waals surface area contributed by atoms with Crippen LogP contribution >= 0.6 is 0 Å². The molecular weight excluding hydrogens is 949 g/mol. The second kappa shape index (κ2) is 25.8. The normalized spacial score (nSPS) is 10.7. The lowest BCUT2D eigenvalue weighted by Crippen LogP contribution is -1.86. The van der Waals surface area contributed by atoms with Gasteiger partial charge in [0.05, 0.1) is 0 Å². The smallest absolute Gasteiger partial charge is 0.0149 e. The average molecular weight is 1040 g/mol. The summed E-state index contributed by atoms with van der Waals surface area (Å²) in [6, 6.07) is 64.0. The third-order valence-corrected chi connectivity index (χ3v) is 16.0. The van der Waals surface area contributed by atoms with Crippen LogP contribution in [0.1, 0.15) is 106 Å². The summed E-state index contributed by atoms with van der Waals surface area (Å²) in [7, 11) is 0. The molecule has 0 aliphatic carbocycles. The van der Waals surface area contributed by atoms with Crippen molar-refractivity contribution < 1.29 is 0 Å². The van der Waals surface area contributed by atoms with Gasteiger partial charge >= 0.3 is 0 Å². The summed E-state index contributed by atoms with van der Waals surface area (Å²) in [6.45, 7) is 41.2. The van der Waals surface area contributed by atoms with E-state index in [-0.39, 0.29) is 0 Å². The molecule has 0 saturated heterocycles. The Balaban J connectivity index is 0.000000137. The van der Waals surface area contributed by atoms with Gasteiger partial charge in [0, 0.05) is 0 Å². The molecule has 0 aliphatic heterocycles.